The van der Waals surface area contributed by atoms with Crippen LogP contribution in [0.5, 0.6) is 0 Å². The molecule has 1 amide bonds. The molecule has 0 atom stereocenters. The minimum absolute atomic E-state index is 0.289. The molecule has 2 aliphatic rings. The van der Waals surface area contributed by atoms with Crippen molar-refractivity contribution in [2.24, 2.45) is 5.92 Å². The summed E-state index contributed by atoms with van der Waals surface area (Å²) >= 11 is 1.71. The number of amides is 1. The van der Waals surface area contributed by atoms with Gasteiger partial charge in [0.05, 0.1) is 5.69 Å². The number of nitrogens with one attached hydrogen (secondary N) is 1. The van der Waals surface area contributed by atoms with Crippen LogP contribution in [0.4, 0.5) is 5.13 Å². The van der Waals surface area contributed by atoms with E-state index in [2.05, 4.69) is 51.7 Å². The molecule has 1 N–H and O–H groups in total. The lowest BCUT2D eigenvalue weighted by molar-refractivity contribution is -0.135. The molecule has 6 heteroatoms. The second-order valence-corrected chi connectivity index (χ2v) is 8.84. The normalized spacial score (nSPS) is 18.0. The van der Waals surface area contributed by atoms with Crippen LogP contribution in [0.3, 0.4) is 0 Å². The number of nitrogens with zero attached hydrogens (tertiary/aromatic N) is 3. The van der Waals surface area contributed by atoms with Gasteiger partial charge in [-0.15, -0.1) is 11.3 Å². The molecule has 2 fully saturated rings. The number of carbonyl (C=O) groups is 1. The smallest absolute Gasteiger partial charge is 0.225 e. The number of benzene rings is 1. The third kappa shape index (κ3) is 4.73. The van der Waals surface area contributed by atoms with Gasteiger partial charge in [-0.25, -0.2) is 4.98 Å². The first kappa shape index (κ1) is 19.4. The van der Waals surface area contributed by atoms with Gasteiger partial charge < -0.3 is 15.1 Å². The lowest BCUT2D eigenvalue weighted by Crippen LogP contribution is -2.50. The maximum absolute atomic E-state index is 12.6. The van der Waals surface area contributed by atoms with Gasteiger partial charge in [-0.2, -0.15) is 0 Å². The van der Waals surface area contributed by atoms with Crippen molar-refractivity contribution in [3.05, 3.63) is 46.5 Å². The number of hydrogen-bond donors (Lipinski definition) is 1. The van der Waals surface area contributed by atoms with Gasteiger partial charge in [0.1, 0.15) is 0 Å². The van der Waals surface area contributed by atoms with E-state index in [1.807, 2.05) is 0 Å². The first-order chi connectivity index (χ1) is 13.7. The van der Waals surface area contributed by atoms with Gasteiger partial charge in [0, 0.05) is 50.6 Å². The van der Waals surface area contributed by atoms with Gasteiger partial charge in [0.15, 0.2) is 5.13 Å². The molecule has 1 saturated heterocycles. The van der Waals surface area contributed by atoms with Gasteiger partial charge >= 0.3 is 0 Å². The molecule has 150 valence electrons. The largest absolute Gasteiger partial charge is 0.345 e. The first-order valence-electron chi connectivity index (χ1n) is 10.4. The summed E-state index contributed by atoms with van der Waals surface area (Å²) in [7, 11) is 0. The average Bonchev–Trinajstić information content (AvgIpc) is 3.41. The minimum Gasteiger partial charge on any atom is -0.345 e. The predicted molar refractivity (Wildman–Crippen MR) is 115 cm³/mol. The fourth-order valence-electron chi connectivity index (χ4n) is 4.11. The van der Waals surface area contributed by atoms with E-state index in [1.165, 1.54) is 24.0 Å². The molecule has 1 aliphatic carbocycles. The van der Waals surface area contributed by atoms with Crippen LogP contribution in [0.25, 0.3) is 0 Å². The number of aryl methyl sites for hydroxylation is 1. The highest BCUT2D eigenvalue weighted by molar-refractivity contribution is 7.13. The van der Waals surface area contributed by atoms with E-state index < -0.39 is 0 Å². The summed E-state index contributed by atoms with van der Waals surface area (Å²) in [5.41, 5.74) is 3.68. The van der Waals surface area contributed by atoms with Crippen molar-refractivity contribution in [2.75, 3.05) is 31.1 Å². The third-order valence-corrected chi connectivity index (χ3v) is 6.81. The first-order valence-corrected chi connectivity index (χ1v) is 11.3. The molecule has 0 unspecified atom stereocenters. The molecule has 2 heterocycles. The summed E-state index contributed by atoms with van der Waals surface area (Å²) in [6.45, 7) is 7.19. The molecule has 0 bridgehead atoms. The van der Waals surface area contributed by atoms with Crippen LogP contribution >= 0.6 is 11.3 Å². The molecule has 1 saturated carbocycles. The summed E-state index contributed by atoms with van der Waals surface area (Å²) in [4.78, 5) is 21.8. The van der Waals surface area contributed by atoms with E-state index in [4.69, 9.17) is 4.98 Å². The number of piperazine rings is 1. The SMILES string of the molecule is Cc1ccc(CNCc2csc(N3CCN(C(=O)C4CCCC4)CC3)n2)cc1. The molecule has 5 nitrogen and oxygen atoms in total. The molecular weight excluding hydrogens is 368 g/mol. The summed E-state index contributed by atoms with van der Waals surface area (Å²) < 4.78 is 0. The summed E-state index contributed by atoms with van der Waals surface area (Å²) in [6, 6.07) is 8.63. The van der Waals surface area contributed by atoms with E-state index in [-0.39, 0.29) is 5.92 Å². The van der Waals surface area contributed by atoms with Crippen LogP contribution < -0.4 is 10.2 Å². The van der Waals surface area contributed by atoms with Gasteiger partial charge in [-0.05, 0) is 25.3 Å². The van der Waals surface area contributed by atoms with E-state index in [9.17, 15) is 4.79 Å². The average molecular weight is 399 g/mol. The standard InChI is InChI=1S/C22H30N4OS/c1-17-6-8-18(9-7-17)14-23-15-20-16-28-22(24-20)26-12-10-25(11-13-26)21(27)19-4-2-3-5-19/h6-9,16,19,23H,2-5,10-15H2,1H3. The number of aromatic nitrogens is 1. The predicted octanol–water partition coefficient (Wildman–Crippen LogP) is 3.58. The number of anilines is 1. The number of hydrogen-bond acceptors (Lipinski definition) is 5. The van der Waals surface area contributed by atoms with E-state index in [0.29, 0.717) is 5.91 Å². The van der Waals surface area contributed by atoms with Crippen molar-refractivity contribution < 1.29 is 4.79 Å². The minimum atomic E-state index is 0.289. The van der Waals surface area contributed by atoms with Crippen molar-refractivity contribution in [1.29, 1.82) is 0 Å². The fourth-order valence-corrected chi connectivity index (χ4v) is 4.99. The fraction of sp³-hybridized carbons (Fsp3) is 0.545. The zero-order chi connectivity index (χ0) is 19.3. The highest BCUT2D eigenvalue weighted by Crippen LogP contribution is 2.28. The lowest BCUT2D eigenvalue weighted by atomic mass is 10.1. The maximum atomic E-state index is 12.6. The van der Waals surface area contributed by atoms with E-state index >= 15 is 0 Å². The van der Waals surface area contributed by atoms with Crippen molar-refractivity contribution in [2.45, 2.75) is 45.7 Å². The van der Waals surface area contributed by atoms with Crippen LogP contribution in [0.1, 0.15) is 42.5 Å². The quantitative estimate of drug-likeness (QED) is 0.808. The molecule has 4 rings (SSSR count). The summed E-state index contributed by atoms with van der Waals surface area (Å²) in [5, 5.41) is 6.71. The topological polar surface area (TPSA) is 48.5 Å². The Labute approximate surface area is 171 Å². The Morgan fingerprint density at radius 1 is 1.11 bits per heavy atom. The second kappa shape index (κ2) is 9.05. The van der Waals surface area contributed by atoms with Crippen LogP contribution in [0.15, 0.2) is 29.6 Å². The highest BCUT2D eigenvalue weighted by atomic mass is 32.1. The van der Waals surface area contributed by atoms with Crippen LogP contribution in [-0.2, 0) is 17.9 Å². The molecule has 1 aromatic heterocycles. The van der Waals surface area contributed by atoms with Crippen LogP contribution in [0.2, 0.25) is 0 Å². The maximum Gasteiger partial charge on any atom is 0.225 e. The Morgan fingerprint density at radius 3 is 2.54 bits per heavy atom. The monoisotopic (exact) mass is 398 g/mol. The Morgan fingerprint density at radius 2 is 1.82 bits per heavy atom. The van der Waals surface area contributed by atoms with E-state index in [1.54, 1.807) is 11.3 Å². The van der Waals surface area contributed by atoms with Gasteiger partial charge in [-0.1, -0.05) is 42.7 Å². The Bertz CT molecular complexity index is 774. The summed E-state index contributed by atoms with van der Waals surface area (Å²) in [5.74, 6) is 0.676. The zero-order valence-corrected chi connectivity index (χ0v) is 17.5. The van der Waals surface area contributed by atoms with Crippen molar-refractivity contribution >= 4 is 22.4 Å². The van der Waals surface area contributed by atoms with Gasteiger partial charge in [0.25, 0.3) is 0 Å². The van der Waals surface area contributed by atoms with Crippen LogP contribution in [0, 0.1) is 12.8 Å². The summed E-state index contributed by atoms with van der Waals surface area (Å²) in [6.07, 6.45) is 4.61. The molecule has 28 heavy (non-hydrogen) atoms. The Hall–Kier alpha value is -1.92. The number of thiazole rings is 1. The van der Waals surface area contributed by atoms with E-state index in [0.717, 1.165) is 62.9 Å². The molecule has 2 aromatic rings. The molecule has 1 aromatic carbocycles. The zero-order valence-electron chi connectivity index (χ0n) is 16.7. The third-order valence-electron chi connectivity index (χ3n) is 5.86. The Balaban J connectivity index is 1.23. The Kier molecular flexibility index (Phi) is 6.27. The van der Waals surface area contributed by atoms with Gasteiger partial charge in [-0.3, -0.25) is 4.79 Å². The second-order valence-electron chi connectivity index (χ2n) is 8.00. The lowest BCUT2D eigenvalue weighted by Gasteiger charge is -2.35. The van der Waals surface area contributed by atoms with Crippen molar-refractivity contribution in [3.63, 3.8) is 0 Å². The van der Waals surface area contributed by atoms with Crippen LogP contribution in [-0.4, -0.2) is 42.0 Å². The molecule has 0 spiro atoms. The van der Waals surface area contributed by atoms with Gasteiger partial charge in [0.2, 0.25) is 5.91 Å². The highest BCUT2D eigenvalue weighted by Gasteiger charge is 2.29. The van der Waals surface area contributed by atoms with Crippen molar-refractivity contribution in [3.8, 4) is 0 Å². The van der Waals surface area contributed by atoms with Crippen molar-refractivity contribution in [1.82, 2.24) is 15.2 Å². The number of carbonyl (C=O) groups excluding carboxylic acids is 1. The molecule has 0 radical (unpaired) electrons. The molecule has 1 aliphatic heterocycles. The number of rotatable bonds is 6. The molecular formula is C22H30N4OS.